The molecule has 2 amide bonds. The van der Waals surface area contributed by atoms with Crippen LogP contribution < -0.4 is 0 Å². The van der Waals surface area contributed by atoms with Crippen LogP contribution in [-0.2, 0) is 17.6 Å². The summed E-state index contributed by atoms with van der Waals surface area (Å²) in [6.07, 6.45) is 4.41. The van der Waals surface area contributed by atoms with Crippen LogP contribution in [0.15, 0.2) is 6.07 Å². The van der Waals surface area contributed by atoms with Crippen LogP contribution in [0, 0.1) is 0 Å². The van der Waals surface area contributed by atoms with Crippen molar-refractivity contribution in [2.24, 2.45) is 0 Å². The van der Waals surface area contributed by atoms with Gasteiger partial charge < -0.3 is 14.5 Å². The summed E-state index contributed by atoms with van der Waals surface area (Å²) in [5, 5.41) is 0. The number of hydrogen-bond donors (Lipinski definition) is 0. The van der Waals surface area contributed by atoms with E-state index in [-0.39, 0.29) is 12.0 Å². The Labute approximate surface area is 134 Å². The Morgan fingerprint density at radius 2 is 1.82 bits per heavy atom. The van der Waals surface area contributed by atoms with Crippen LogP contribution in [0.2, 0.25) is 0 Å². The number of rotatable bonds is 2. The molecule has 0 aromatic carbocycles. The minimum absolute atomic E-state index is 0.114. The van der Waals surface area contributed by atoms with Crippen molar-refractivity contribution in [3.8, 4) is 0 Å². The largest absolute Gasteiger partial charge is 0.450 e. The van der Waals surface area contributed by atoms with E-state index in [1.165, 1.54) is 23.3 Å². The SMILES string of the molecule is CCOC(=O)N1CCN(C(=O)c2cc3c(s2)CCCC3)CC1. The van der Waals surface area contributed by atoms with Gasteiger partial charge in [0.2, 0.25) is 0 Å². The van der Waals surface area contributed by atoms with Gasteiger partial charge in [-0.2, -0.15) is 0 Å². The van der Waals surface area contributed by atoms with Crippen molar-refractivity contribution in [1.29, 1.82) is 0 Å². The second-order valence-electron chi connectivity index (χ2n) is 5.74. The minimum Gasteiger partial charge on any atom is -0.450 e. The third-order valence-corrected chi connectivity index (χ3v) is 5.53. The van der Waals surface area contributed by atoms with Gasteiger partial charge in [0.05, 0.1) is 11.5 Å². The molecule has 0 unspecified atom stereocenters. The summed E-state index contributed by atoms with van der Waals surface area (Å²) in [6.45, 7) is 4.46. The maximum Gasteiger partial charge on any atom is 0.409 e. The molecule has 6 heteroatoms. The lowest BCUT2D eigenvalue weighted by molar-refractivity contribution is 0.0574. The van der Waals surface area contributed by atoms with Crippen molar-refractivity contribution in [2.45, 2.75) is 32.6 Å². The first-order valence-corrected chi connectivity index (χ1v) is 8.83. The number of aryl methyl sites for hydroxylation is 2. The standard InChI is InChI=1S/C16H22N2O3S/c1-2-21-16(20)18-9-7-17(8-10-18)15(19)14-11-12-5-3-4-6-13(12)22-14/h11H,2-10H2,1H3. The number of piperazine rings is 1. The maximum atomic E-state index is 12.6. The zero-order chi connectivity index (χ0) is 15.5. The highest BCUT2D eigenvalue weighted by atomic mass is 32.1. The molecule has 3 rings (SSSR count). The van der Waals surface area contributed by atoms with Crippen LogP contribution in [0.25, 0.3) is 0 Å². The lowest BCUT2D eigenvalue weighted by Gasteiger charge is -2.33. The molecule has 1 aliphatic carbocycles. The van der Waals surface area contributed by atoms with E-state index < -0.39 is 0 Å². The molecule has 5 nitrogen and oxygen atoms in total. The molecule has 2 heterocycles. The van der Waals surface area contributed by atoms with Gasteiger partial charge in [0.15, 0.2) is 0 Å². The van der Waals surface area contributed by atoms with Crippen LogP contribution in [0.1, 0.15) is 39.9 Å². The Morgan fingerprint density at radius 1 is 1.14 bits per heavy atom. The Hall–Kier alpha value is -1.56. The Kier molecular flexibility index (Phi) is 4.66. The number of hydrogen-bond acceptors (Lipinski definition) is 4. The quantitative estimate of drug-likeness (QED) is 0.841. The molecule has 0 N–H and O–H groups in total. The minimum atomic E-state index is -0.277. The molecule has 0 saturated carbocycles. The number of ether oxygens (including phenoxy) is 1. The monoisotopic (exact) mass is 322 g/mol. The van der Waals surface area contributed by atoms with Gasteiger partial charge in [-0.25, -0.2) is 4.79 Å². The van der Waals surface area contributed by atoms with Gasteiger partial charge in [0.25, 0.3) is 5.91 Å². The third-order valence-electron chi connectivity index (χ3n) is 4.30. The topological polar surface area (TPSA) is 49.9 Å². The lowest BCUT2D eigenvalue weighted by Crippen LogP contribution is -2.50. The lowest BCUT2D eigenvalue weighted by atomic mass is 9.99. The Morgan fingerprint density at radius 3 is 2.50 bits per heavy atom. The Balaban J connectivity index is 1.60. The summed E-state index contributed by atoms with van der Waals surface area (Å²) in [5.41, 5.74) is 1.37. The van der Waals surface area contributed by atoms with Gasteiger partial charge in [0.1, 0.15) is 0 Å². The van der Waals surface area contributed by atoms with Gasteiger partial charge >= 0.3 is 6.09 Å². The maximum absolute atomic E-state index is 12.6. The number of thiophene rings is 1. The predicted molar refractivity (Wildman–Crippen MR) is 85.5 cm³/mol. The molecule has 0 atom stereocenters. The van der Waals surface area contributed by atoms with Gasteiger partial charge in [-0.05, 0) is 44.2 Å². The third kappa shape index (κ3) is 3.11. The van der Waals surface area contributed by atoms with E-state index in [4.69, 9.17) is 4.74 Å². The molecule has 0 spiro atoms. The number of amides is 2. The van der Waals surface area contributed by atoms with Gasteiger partial charge in [-0.3, -0.25) is 4.79 Å². The molecule has 1 fully saturated rings. The van der Waals surface area contributed by atoms with Crippen LogP contribution in [0.4, 0.5) is 4.79 Å². The smallest absolute Gasteiger partial charge is 0.409 e. The van der Waals surface area contributed by atoms with Gasteiger partial charge in [-0.1, -0.05) is 0 Å². The summed E-state index contributed by atoms with van der Waals surface area (Å²) in [4.78, 5) is 30.1. The summed E-state index contributed by atoms with van der Waals surface area (Å²) >= 11 is 1.66. The summed E-state index contributed by atoms with van der Waals surface area (Å²) < 4.78 is 5.00. The van der Waals surface area contributed by atoms with E-state index in [0.717, 1.165) is 17.7 Å². The van der Waals surface area contributed by atoms with E-state index in [1.807, 2.05) is 4.90 Å². The number of carbonyl (C=O) groups excluding carboxylic acids is 2. The molecular weight excluding hydrogens is 300 g/mol. The van der Waals surface area contributed by atoms with Crippen LogP contribution in [0.5, 0.6) is 0 Å². The first-order valence-electron chi connectivity index (χ1n) is 8.01. The average molecular weight is 322 g/mol. The average Bonchev–Trinajstić information content (AvgIpc) is 2.98. The zero-order valence-electron chi connectivity index (χ0n) is 13.0. The number of fused-ring (bicyclic) bond motifs is 1. The number of nitrogens with zero attached hydrogens (tertiary/aromatic N) is 2. The molecule has 1 saturated heterocycles. The molecule has 2 aliphatic rings. The summed E-state index contributed by atoms with van der Waals surface area (Å²) in [7, 11) is 0. The highest BCUT2D eigenvalue weighted by molar-refractivity contribution is 7.14. The highest BCUT2D eigenvalue weighted by Crippen LogP contribution is 2.30. The van der Waals surface area contributed by atoms with Crippen molar-refractivity contribution in [3.05, 3.63) is 21.4 Å². The molecular formula is C16H22N2O3S. The molecule has 1 aromatic rings. The van der Waals surface area contributed by atoms with Crippen LogP contribution in [-0.4, -0.2) is 54.6 Å². The highest BCUT2D eigenvalue weighted by Gasteiger charge is 2.27. The molecule has 1 aliphatic heterocycles. The fourth-order valence-electron chi connectivity index (χ4n) is 3.06. The first kappa shape index (κ1) is 15.3. The van der Waals surface area contributed by atoms with E-state index in [2.05, 4.69) is 6.07 Å². The molecule has 0 bridgehead atoms. The Bertz CT molecular complexity index is 538. The van der Waals surface area contributed by atoms with Crippen LogP contribution >= 0.6 is 11.3 Å². The second kappa shape index (κ2) is 6.69. The van der Waals surface area contributed by atoms with E-state index in [0.29, 0.717) is 32.8 Å². The molecule has 120 valence electrons. The first-order chi connectivity index (χ1) is 10.7. The van der Waals surface area contributed by atoms with Gasteiger partial charge in [-0.15, -0.1) is 11.3 Å². The van der Waals surface area contributed by atoms with Gasteiger partial charge in [0, 0.05) is 31.1 Å². The zero-order valence-corrected chi connectivity index (χ0v) is 13.8. The van der Waals surface area contributed by atoms with Crippen LogP contribution in [0.3, 0.4) is 0 Å². The molecule has 0 radical (unpaired) electrons. The van der Waals surface area contributed by atoms with Crippen molar-refractivity contribution in [2.75, 3.05) is 32.8 Å². The number of carbonyl (C=O) groups is 2. The second-order valence-corrected chi connectivity index (χ2v) is 6.88. The van der Waals surface area contributed by atoms with E-state index >= 15 is 0 Å². The van der Waals surface area contributed by atoms with E-state index in [1.54, 1.807) is 23.2 Å². The van der Waals surface area contributed by atoms with Crippen molar-refractivity contribution in [3.63, 3.8) is 0 Å². The fraction of sp³-hybridized carbons (Fsp3) is 0.625. The summed E-state index contributed by atoms with van der Waals surface area (Å²) in [5.74, 6) is 0.114. The van der Waals surface area contributed by atoms with Crippen molar-refractivity contribution >= 4 is 23.3 Å². The normalized spacial score (nSPS) is 18.0. The molecule has 22 heavy (non-hydrogen) atoms. The molecule has 1 aromatic heterocycles. The van der Waals surface area contributed by atoms with Crippen molar-refractivity contribution < 1.29 is 14.3 Å². The predicted octanol–water partition coefficient (Wildman–Crippen LogP) is 2.54. The fourth-order valence-corrected chi connectivity index (χ4v) is 4.28. The van der Waals surface area contributed by atoms with E-state index in [9.17, 15) is 9.59 Å². The van der Waals surface area contributed by atoms with Crippen molar-refractivity contribution in [1.82, 2.24) is 9.80 Å². The summed E-state index contributed by atoms with van der Waals surface area (Å²) in [6, 6.07) is 2.08.